The first-order valence-electron chi connectivity index (χ1n) is 5.96. The lowest BCUT2D eigenvalue weighted by atomic mass is 10.2. The third-order valence-electron chi connectivity index (χ3n) is 2.77. The molecule has 5 nitrogen and oxygen atoms in total. The van der Waals surface area contributed by atoms with Crippen LogP contribution in [0.3, 0.4) is 0 Å². The number of benzene rings is 1. The van der Waals surface area contributed by atoms with Gasteiger partial charge in [0, 0.05) is 20.5 Å². The van der Waals surface area contributed by atoms with Gasteiger partial charge in [-0.3, -0.25) is 0 Å². The molecule has 0 atom stereocenters. The van der Waals surface area contributed by atoms with Crippen LogP contribution >= 0.6 is 0 Å². The molecule has 0 fully saturated rings. The molecule has 0 radical (unpaired) electrons. The highest BCUT2D eigenvalue weighted by Gasteiger charge is 2.06. The number of hydrogen-bond donors (Lipinski definition) is 1. The predicted octanol–water partition coefficient (Wildman–Crippen LogP) is 1.79. The monoisotopic (exact) mass is 246 g/mol. The van der Waals surface area contributed by atoms with Gasteiger partial charge in [0.2, 0.25) is 5.95 Å². The SMILES string of the molecule is CNc1nnc(CCOc2cccc(C)c2)n1C. The Hall–Kier alpha value is -2.04. The zero-order valence-electron chi connectivity index (χ0n) is 11.0. The van der Waals surface area contributed by atoms with Gasteiger partial charge in [-0.15, -0.1) is 10.2 Å². The second kappa shape index (κ2) is 5.53. The summed E-state index contributed by atoms with van der Waals surface area (Å²) in [5.74, 6) is 2.57. The molecule has 0 unspecified atom stereocenters. The minimum Gasteiger partial charge on any atom is -0.493 e. The lowest BCUT2D eigenvalue weighted by Crippen LogP contribution is -2.07. The number of nitrogens with one attached hydrogen (secondary N) is 1. The molecule has 18 heavy (non-hydrogen) atoms. The van der Waals surface area contributed by atoms with E-state index in [4.69, 9.17) is 4.74 Å². The molecule has 0 aliphatic rings. The summed E-state index contributed by atoms with van der Waals surface area (Å²) in [6, 6.07) is 8.03. The van der Waals surface area contributed by atoms with E-state index in [1.54, 1.807) is 0 Å². The number of aryl methyl sites for hydroxylation is 1. The van der Waals surface area contributed by atoms with E-state index in [0.29, 0.717) is 6.61 Å². The molecule has 0 bridgehead atoms. The summed E-state index contributed by atoms with van der Waals surface area (Å²) in [6.45, 7) is 2.65. The summed E-state index contributed by atoms with van der Waals surface area (Å²) < 4.78 is 7.62. The van der Waals surface area contributed by atoms with E-state index >= 15 is 0 Å². The van der Waals surface area contributed by atoms with Gasteiger partial charge in [-0.1, -0.05) is 12.1 Å². The number of nitrogens with zero attached hydrogens (tertiary/aromatic N) is 3. The number of aromatic nitrogens is 3. The van der Waals surface area contributed by atoms with Gasteiger partial charge in [-0.25, -0.2) is 0 Å². The molecule has 0 aliphatic carbocycles. The second-order valence-electron chi connectivity index (χ2n) is 4.16. The quantitative estimate of drug-likeness (QED) is 0.873. The number of anilines is 1. The molecule has 2 aromatic rings. The molecule has 2 rings (SSSR count). The number of rotatable bonds is 5. The maximum atomic E-state index is 5.69. The Balaban J connectivity index is 1.90. The number of hydrogen-bond acceptors (Lipinski definition) is 4. The summed E-state index contributed by atoms with van der Waals surface area (Å²) >= 11 is 0. The van der Waals surface area contributed by atoms with Crippen molar-refractivity contribution >= 4 is 5.95 Å². The summed E-state index contributed by atoms with van der Waals surface area (Å²) in [7, 11) is 3.77. The first kappa shape index (κ1) is 12.4. The highest BCUT2D eigenvalue weighted by atomic mass is 16.5. The van der Waals surface area contributed by atoms with Crippen LogP contribution in [0.5, 0.6) is 5.75 Å². The van der Waals surface area contributed by atoms with Crippen LogP contribution in [-0.4, -0.2) is 28.4 Å². The molecule has 96 valence electrons. The van der Waals surface area contributed by atoms with Gasteiger partial charge in [0.1, 0.15) is 11.6 Å². The summed E-state index contributed by atoms with van der Waals surface area (Å²) in [6.07, 6.45) is 0.735. The Bertz CT molecular complexity index is 521. The Morgan fingerprint density at radius 2 is 2.17 bits per heavy atom. The molecular weight excluding hydrogens is 228 g/mol. The second-order valence-corrected chi connectivity index (χ2v) is 4.16. The van der Waals surface area contributed by atoms with Gasteiger partial charge in [0.25, 0.3) is 0 Å². The standard InChI is InChI=1S/C13H18N4O/c1-10-5-4-6-11(9-10)18-8-7-12-15-16-13(14-2)17(12)3/h4-6,9H,7-8H2,1-3H3,(H,14,16). The minimum absolute atomic E-state index is 0.596. The first-order chi connectivity index (χ1) is 8.70. The molecule has 1 aromatic heterocycles. The highest BCUT2D eigenvalue weighted by molar-refractivity contribution is 5.27. The van der Waals surface area contributed by atoms with E-state index in [0.717, 1.165) is 23.9 Å². The molecule has 0 spiro atoms. The topological polar surface area (TPSA) is 52.0 Å². The molecule has 0 aliphatic heterocycles. The predicted molar refractivity (Wildman–Crippen MR) is 70.9 cm³/mol. The van der Waals surface area contributed by atoms with Crippen molar-refractivity contribution in [3.05, 3.63) is 35.7 Å². The molecule has 0 saturated carbocycles. The van der Waals surface area contributed by atoms with Crippen LogP contribution in [0.15, 0.2) is 24.3 Å². The van der Waals surface area contributed by atoms with Gasteiger partial charge in [0.05, 0.1) is 6.61 Å². The molecule has 1 aromatic carbocycles. The third kappa shape index (κ3) is 2.80. The maximum Gasteiger partial charge on any atom is 0.224 e. The van der Waals surface area contributed by atoms with E-state index in [1.165, 1.54) is 5.56 Å². The van der Waals surface area contributed by atoms with Crippen LogP contribution in [0, 0.1) is 6.92 Å². The van der Waals surface area contributed by atoms with Crippen molar-refractivity contribution in [3.8, 4) is 5.75 Å². The first-order valence-corrected chi connectivity index (χ1v) is 5.96. The van der Waals surface area contributed by atoms with E-state index in [1.807, 2.05) is 36.9 Å². The zero-order chi connectivity index (χ0) is 13.0. The van der Waals surface area contributed by atoms with E-state index in [2.05, 4.69) is 28.5 Å². The molecule has 1 N–H and O–H groups in total. The van der Waals surface area contributed by atoms with Crippen molar-refractivity contribution in [2.24, 2.45) is 7.05 Å². The fourth-order valence-electron chi connectivity index (χ4n) is 1.76. The normalized spacial score (nSPS) is 10.4. The van der Waals surface area contributed by atoms with Crippen molar-refractivity contribution in [2.45, 2.75) is 13.3 Å². The van der Waals surface area contributed by atoms with Gasteiger partial charge in [0.15, 0.2) is 0 Å². The molecule has 1 heterocycles. The van der Waals surface area contributed by atoms with Crippen LogP contribution in [0.25, 0.3) is 0 Å². The van der Waals surface area contributed by atoms with E-state index < -0.39 is 0 Å². The van der Waals surface area contributed by atoms with E-state index in [9.17, 15) is 0 Å². The minimum atomic E-state index is 0.596. The van der Waals surface area contributed by atoms with Crippen molar-refractivity contribution in [1.82, 2.24) is 14.8 Å². The summed E-state index contributed by atoms with van der Waals surface area (Å²) in [5.41, 5.74) is 1.20. The Morgan fingerprint density at radius 1 is 1.33 bits per heavy atom. The average molecular weight is 246 g/mol. The zero-order valence-corrected chi connectivity index (χ0v) is 11.0. The third-order valence-corrected chi connectivity index (χ3v) is 2.77. The van der Waals surface area contributed by atoms with Crippen molar-refractivity contribution in [2.75, 3.05) is 19.0 Å². The lowest BCUT2D eigenvalue weighted by Gasteiger charge is -2.07. The van der Waals surface area contributed by atoms with Gasteiger partial charge in [-0.2, -0.15) is 0 Å². The van der Waals surface area contributed by atoms with Crippen LogP contribution in [0.4, 0.5) is 5.95 Å². The average Bonchev–Trinajstić information content (AvgIpc) is 2.71. The summed E-state index contributed by atoms with van der Waals surface area (Å²) in [5, 5.41) is 11.1. The lowest BCUT2D eigenvalue weighted by molar-refractivity contribution is 0.317. The van der Waals surface area contributed by atoms with Crippen molar-refractivity contribution in [1.29, 1.82) is 0 Å². The number of ether oxygens (including phenoxy) is 1. The molecular formula is C13H18N4O. The van der Waals surface area contributed by atoms with Gasteiger partial charge < -0.3 is 14.6 Å². The van der Waals surface area contributed by atoms with Gasteiger partial charge >= 0.3 is 0 Å². The van der Waals surface area contributed by atoms with Crippen LogP contribution in [-0.2, 0) is 13.5 Å². The molecule has 0 amide bonds. The van der Waals surface area contributed by atoms with E-state index in [-0.39, 0.29) is 0 Å². The van der Waals surface area contributed by atoms with Crippen LogP contribution in [0.2, 0.25) is 0 Å². The Kier molecular flexibility index (Phi) is 3.82. The summed E-state index contributed by atoms with van der Waals surface area (Å²) in [4.78, 5) is 0. The van der Waals surface area contributed by atoms with Gasteiger partial charge in [-0.05, 0) is 24.6 Å². The Morgan fingerprint density at radius 3 is 2.83 bits per heavy atom. The van der Waals surface area contributed by atoms with Crippen LogP contribution < -0.4 is 10.1 Å². The molecule has 0 saturated heterocycles. The fraction of sp³-hybridized carbons (Fsp3) is 0.385. The smallest absolute Gasteiger partial charge is 0.224 e. The fourth-order valence-corrected chi connectivity index (χ4v) is 1.76. The largest absolute Gasteiger partial charge is 0.493 e. The van der Waals surface area contributed by atoms with Crippen molar-refractivity contribution < 1.29 is 4.74 Å². The van der Waals surface area contributed by atoms with Crippen LogP contribution in [0.1, 0.15) is 11.4 Å². The Labute approximate surface area is 107 Å². The maximum absolute atomic E-state index is 5.69. The van der Waals surface area contributed by atoms with Crippen molar-refractivity contribution in [3.63, 3.8) is 0 Å². The molecule has 5 heteroatoms. The highest BCUT2D eigenvalue weighted by Crippen LogP contribution is 2.13.